The standard InChI is InChI=1S/C30H31NO6/c1-5-18-36-22-14-10-20(11-15-22)28(32)26-27(24-8-6-7-9-25(24)35-4)31(30(34)29(26)33)21-12-16-23(17-13-21)37-19(2)3/h6-17,19,27,32H,5,18H2,1-4H3/b28-26-. The van der Waals surface area contributed by atoms with Gasteiger partial charge in [-0.1, -0.05) is 25.1 Å². The molecule has 192 valence electrons. The quantitative estimate of drug-likeness (QED) is 0.223. The van der Waals surface area contributed by atoms with Crippen LogP contribution in [0.1, 0.15) is 44.4 Å². The second kappa shape index (κ2) is 11.2. The fourth-order valence-electron chi connectivity index (χ4n) is 4.33. The molecule has 0 aromatic heterocycles. The Morgan fingerprint density at radius 3 is 2.22 bits per heavy atom. The number of ether oxygens (including phenoxy) is 3. The molecule has 1 fully saturated rings. The highest BCUT2D eigenvalue weighted by molar-refractivity contribution is 6.51. The molecule has 1 saturated heterocycles. The number of aliphatic hydroxyl groups excluding tert-OH is 1. The molecule has 1 amide bonds. The third-order valence-corrected chi connectivity index (χ3v) is 5.97. The normalized spacial score (nSPS) is 16.8. The predicted octanol–water partition coefficient (Wildman–Crippen LogP) is 5.90. The number of methoxy groups -OCH3 is 1. The molecule has 3 aromatic rings. The van der Waals surface area contributed by atoms with Crippen molar-refractivity contribution in [1.29, 1.82) is 0 Å². The van der Waals surface area contributed by atoms with Gasteiger partial charge < -0.3 is 19.3 Å². The zero-order valence-corrected chi connectivity index (χ0v) is 21.4. The Hall–Kier alpha value is -4.26. The highest BCUT2D eigenvalue weighted by Gasteiger charge is 2.47. The number of benzene rings is 3. The summed E-state index contributed by atoms with van der Waals surface area (Å²) in [5.74, 6) is 0.0189. The summed E-state index contributed by atoms with van der Waals surface area (Å²) in [4.78, 5) is 28.2. The predicted molar refractivity (Wildman–Crippen MR) is 142 cm³/mol. The number of rotatable bonds is 9. The van der Waals surface area contributed by atoms with Crippen LogP contribution < -0.4 is 19.1 Å². The lowest BCUT2D eigenvalue weighted by Crippen LogP contribution is -2.29. The number of ketones is 1. The third kappa shape index (κ3) is 5.31. The van der Waals surface area contributed by atoms with Crippen molar-refractivity contribution in [2.24, 2.45) is 0 Å². The summed E-state index contributed by atoms with van der Waals surface area (Å²) in [5.41, 5.74) is 1.47. The van der Waals surface area contributed by atoms with Crippen LogP contribution in [-0.4, -0.2) is 36.6 Å². The van der Waals surface area contributed by atoms with E-state index in [4.69, 9.17) is 14.2 Å². The van der Waals surface area contributed by atoms with Gasteiger partial charge in [0.25, 0.3) is 11.7 Å². The van der Waals surface area contributed by atoms with Gasteiger partial charge in [0.1, 0.15) is 23.0 Å². The van der Waals surface area contributed by atoms with E-state index in [1.165, 1.54) is 12.0 Å². The molecule has 0 bridgehead atoms. The molecule has 3 aromatic carbocycles. The van der Waals surface area contributed by atoms with E-state index in [0.717, 1.165) is 6.42 Å². The fourth-order valence-corrected chi connectivity index (χ4v) is 4.33. The van der Waals surface area contributed by atoms with Crippen molar-refractivity contribution in [2.75, 3.05) is 18.6 Å². The number of carbonyl (C=O) groups is 2. The first kappa shape index (κ1) is 25.8. The van der Waals surface area contributed by atoms with Crippen LogP contribution in [0, 0.1) is 0 Å². The molecular formula is C30H31NO6. The Kier molecular flexibility index (Phi) is 7.82. The van der Waals surface area contributed by atoms with Gasteiger partial charge in [-0.05, 0) is 74.9 Å². The monoisotopic (exact) mass is 501 g/mol. The number of hydrogen-bond donors (Lipinski definition) is 1. The van der Waals surface area contributed by atoms with Crippen LogP contribution in [0.25, 0.3) is 5.76 Å². The molecule has 0 aliphatic carbocycles. The summed E-state index contributed by atoms with van der Waals surface area (Å²) in [5, 5.41) is 11.4. The van der Waals surface area contributed by atoms with Crippen molar-refractivity contribution in [3.05, 3.63) is 89.5 Å². The number of Topliss-reactive ketones (excluding diaryl/α,β-unsaturated/α-hetero) is 1. The first-order valence-electron chi connectivity index (χ1n) is 12.3. The second-order valence-corrected chi connectivity index (χ2v) is 8.94. The molecule has 1 N–H and O–H groups in total. The highest BCUT2D eigenvalue weighted by atomic mass is 16.5. The maximum absolute atomic E-state index is 13.4. The Morgan fingerprint density at radius 1 is 0.946 bits per heavy atom. The zero-order valence-electron chi connectivity index (χ0n) is 21.4. The van der Waals surface area contributed by atoms with Crippen molar-refractivity contribution >= 4 is 23.1 Å². The molecule has 7 nitrogen and oxygen atoms in total. The lowest BCUT2D eigenvalue weighted by Gasteiger charge is -2.27. The Morgan fingerprint density at radius 2 is 1.59 bits per heavy atom. The van der Waals surface area contributed by atoms with Gasteiger partial charge in [0.2, 0.25) is 0 Å². The smallest absolute Gasteiger partial charge is 0.300 e. The van der Waals surface area contributed by atoms with Crippen LogP contribution in [0.2, 0.25) is 0 Å². The minimum absolute atomic E-state index is 0.00702. The van der Waals surface area contributed by atoms with Crippen molar-refractivity contribution in [3.63, 3.8) is 0 Å². The molecule has 1 atom stereocenters. The topological polar surface area (TPSA) is 85.3 Å². The number of nitrogens with zero attached hydrogens (tertiary/aromatic N) is 1. The van der Waals surface area contributed by atoms with Gasteiger partial charge in [0.15, 0.2) is 0 Å². The van der Waals surface area contributed by atoms with Gasteiger partial charge in [-0.25, -0.2) is 0 Å². The number of para-hydroxylation sites is 1. The average molecular weight is 502 g/mol. The van der Waals surface area contributed by atoms with E-state index in [0.29, 0.717) is 40.7 Å². The van der Waals surface area contributed by atoms with E-state index in [-0.39, 0.29) is 17.4 Å². The van der Waals surface area contributed by atoms with E-state index in [1.807, 2.05) is 26.8 Å². The second-order valence-electron chi connectivity index (χ2n) is 8.94. The highest BCUT2D eigenvalue weighted by Crippen LogP contribution is 2.45. The lowest BCUT2D eigenvalue weighted by atomic mass is 9.94. The van der Waals surface area contributed by atoms with Gasteiger partial charge in [-0.3, -0.25) is 14.5 Å². The van der Waals surface area contributed by atoms with Crippen molar-refractivity contribution in [2.45, 2.75) is 39.3 Å². The number of carbonyl (C=O) groups excluding carboxylic acids is 2. The Labute approximate surface area is 216 Å². The molecule has 0 radical (unpaired) electrons. The maximum atomic E-state index is 13.4. The third-order valence-electron chi connectivity index (χ3n) is 5.97. The number of aliphatic hydroxyl groups is 1. The molecule has 7 heteroatoms. The maximum Gasteiger partial charge on any atom is 0.300 e. The molecule has 37 heavy (non-hydrogen) atoms. The molecule has 0 spiro atoms. The van der Waals surface area contributed by atoms with Gasteiger partial charge in [0, 0.05) is 16.8 Å². The fraction of sp³-hybridized carbons (Fsp3) is 0.267. The van der Waals surface area contributed by atoms with Gasteiger partial charge in [-0.2, -0.15) is 0 Å². The molecule has 0 saturated carbocycles. The molecule has 4 rings (SSSR count). The van der Waals surface area contributed by atoms with E-state index < -0.39 is 17.7 Å². The number of amides is 1. The minimum atomic E-state index is -0.899. The molecule has 1 aliphatic rings. The molecule has 1 aliphatic heterocycles. The van der Waals surface area contributed by atoms with Gasteiger partial charge >= 0.3 is 0 Å². The van der Waals surface area contributed by atoms with E-state index >= 15 is 0 Å². The summed E-state index contributed by atoms with van der Waals surface area (Å²) < 4.78 is 16.9. The van der Waals surface area contributed by atoms with Crippen LogP contribution in [-0.2, 0) is 9.59 Å². The molecule has 1 heterocycles. The number of anilines is 1. The Balaban J connectivity index is 1.84. The van der Waals surface area contributed by atoms with E-state index in [9.17, 15) is 14.7 Å². The lowest BCUT2D eigenvalue weighted by molar-refractivity contribution is -0.132. The summed E-state index contributed by atoms with van der Waals surface area (Å²) in [6.45, 7) is 6.44. The summed E-state index contributed by atoms with van der Waals surface area (Å²) >= 11 is 0. The number of hydrogen-bond acceptors (Lipinski definition) is 6. The summed E-state index contributed by atoms with van der Waals surface area (Å²) in [6.07, 6.45) is 0.863. The zero-order chi connectivity index (χ0) is 26.5. The van der Waals surface area contributed by atoms with Crippen LogP contribution in [0.15, 0.2) is 78.4 Å². The first-order chi connectivity index (χ1) is 17.8. The van der Waals surface area contributed by atoms with Crippen LogP contribution in [0.5, 0.6) is 17.2 Å². The molecule has 1 unspecified atom stereocenters. The molecular weight excluding hydrogens is 470 g/mol. The average Bonchev–Trinajstić information content (AvgIpc) is 3.17. The largest absolute Gasteiger partial charge is 0.507 e. The Bertz CT molecular complexity index is 1290. The van der Waals surface area contributed by atoms with Crippen molar-refractivity contribution in [3.8, 4) is 17.2 Å². The van der Waals surface area contributed by atoms with Crippen molar-refractivity contribution in [1.82, 2.24) is 0 Å². The van der Waals surface area contributed by atoms with Crippen molar-refractivity contribution < 1.29 is 28.9 Å². The summed E-state index contributed by atoms with van der Waals surface area (Å²) in [6, 6.07) is 20.0. The first-order valence-corrected chi connectivity index (χ1v) is 12.3. The summed E-state index contributed by atoms with van der Waals surface area (Å²) in [7, 11) is 1.53. The minimum Gasteiger partial charge on any atom is -0.507 e. The SMILES string of the molecule is CCCOc1ccc(/C(O)=C2/C(=O)C(=O)N(c3ccc(OC(C)C)cc3)C2c2ccccc2OC)cc1. The van der Waals surface area contributed by atoms with Crippen LogP contribution >= 0.6 is 0 Å². The van der Waals surface area contributed by atoms with Gasteiger partial charge in [-0.15, -0.1) is 0 Å². The van der Waals surface area contributed by atoms with E-state index in [1.54, 1.807) is 66.7 Å². The van der Waals surface area contributed by atoms with Crippen LogP contribution in [0.4, 0.5) is 5.69 Å². The van der Waals surface area contributed by atoms with E-state index in [2.05, 4.69) is 0 Å². The van der Waals surface area contributed by atoms with Crippen LogP contribution in [0.3, 0.4) is 0 Å². The van der Waals surface area contributed by atoms with Gasteiger partial charge in [0.05, 0.1) is 31.4 Å².